The molecule has 2 N–H and O–H groups in total. The van der Waals surface area contributed by atoms with Gasteiger partial charge in [0.1, 0.15) is 0 Å². The van der Waals surface area contributed by atoms with Crippen LogP contribution in [-0.4, -0.2) is 41.9 Å². The summed E-state index contributed by atoms with van der Waals surface area (Å²) in [6.45, 7) is 10.5. The van der Waals surface area contributed by atoms with Crippen molar-refractivity contribution in [1.82, 2.24) is 0 Å². The molecule has 1 heterocycles. The van der Waals surface area contributed by atoms with Gasteiger partial charge < -0.3 is 24.4 Å². The average Bonchev–Trinajstić information content (AvgIpc) is 3.29. The quantitative estimate of drug-likeness (QED) is 0.212. The van der Waals surface area contributed by atoms with Crippen molar-refractivity contribution in [1.29, 1.82) is 0 Å². The number of rotatable bonds is 3. The summed E-state index contributed by atoms with van der Waals surface area (Å²) in [5.74, 6) is 8.07. The van der Waals surface area contributed by atoms with Crippen molar-refractivity contribution in [2.24, 2.45) is 28.6 Å². The van der Waals surface area contributed by atoms with E-state index in [1.54, 1.807) is 11.1 Å². The molecule has 4 fully saturated rings. The third kappa shape index (κ3) is 5.51. The largest absolute Gasteiger partial charge is 0.390 e. The Kier molecular flexibility index (Phi) is 7.86. The molecule has 2 aromatic rings. The monoisotopic (exact) mass is 610 g/mol. The van der Waals surface area contributed by atoms with E-state index < -0.39 is 17.7 Å². The Hall–Kier alpha value is -2.46. The molecule has 7 atom stereocenters. The summed E-state index contributed by atoms with van der Waals surface area (Å²) in [5.41, 5.74) is 6.65. The zero-order chi connectivity index (χ0) is 31.6. The molecule has 5 nitrogen and oxygen atoms in total. The molecular weight excluding hydrogens is 560 g/mol. The van der Waals surface area contributed by atoms with E-state index in [-0.39, 0.29) is 10.8 Å². The number of aliphatic hydroxyl groups excluding tert-OH is 1. The van der Waals surface area contributed by atoms with Gasteiger partial charge in [-0.1, -0.05) is 68.0 Å². The zero-order valence-corrected chi connectivity index (χ0v) is 27.7. The lowest BCUT2D eigenvalue weighted by atomic mass is 9.50. The van der Waals surface area contributed by atoms with E-state index in [0.29, 0.717) is 29.2 Å². The Morgan fingerprint density at radius 3 is 2.13 bits per heavy atom. The second-order valence-corrected chi connectivity index (χ2v) is 15.9. The van der Waals surface area contributed by atoms with Crippen LogP contribution < -0.4 is 0 Å². The maximum absolute atomic E-state index is 11.7. The molecule has 3 saturated carbocycles. The minimum atomic E-state index is -0.920. The van der Waals surface area contributed by atoms with Gasteiger partial charge in [-0.25, -0.2) is 0 Å². The van der Waals surface area contributed by atoms with Crippen LogP contribution in [0.3, 0.4) is 0 Å². The SMILES string of the molecule is COC(O)c1ccc(C#Cc2ccc(C3CC4(C)C(CC[C@]4(C)O)C4CCC5CC6(CCC5=C34)OCC(C)(C)CO6)cc2)cc1. The van der Waals surface area contributed by atoms with E-state index >= 15 is 0 Å². The van der Waals surface area contributed by atoms with Crippen molar-refractivity contribution in [3.63, 3.8) is 0 Å². The Bertz CT molecular complexity index is 1500. The number of methoxy groups -OCH3 is 1. The van der Waals surface area contributed by atoms with Crippen LogP contribution in [-0.2, 0) is 14.2 Å². The third-order valence-corrected chi connectivity index (χ3v) is 12.4. The zero-order valence-electron chi connectivity index (χ0n) is 27.7. The van der Waals surface area contributed by atoms with E-state index in [4.69, 9.17) is 14.2 Å². The van der Waals surface area contributed by atoms with Gasteiger partial charge in [0.05, 0.1) is 18.8 Å². The van der Waals surface area contributed by atoms with Crippen molar-refractivity contribution in [2.75, 3.05) is 20.3 Å². The molecule has 1 saturated heterocycles. The first-order valence-corrected chi connectivity index (χ1v) is 17.1. The Morgan fingerprint density at radius 2 is 1.49 bits per heavy atom. The van der Waals surface area contributed by atoms with E-state index in [1.165, 1.54) is 25.5 Å². The standard InChI is InChI=1S/C40H50O5/c1-37(2)24-44-40(45-25-37)21-18-31-30(22-40)16-17-32-34-19-20-39(4,42)38(34,3)23-33(35(31)32)28-12-8-26(9-13-28)6-7-27-10-14-29(15-11-27)36(41)43-5/h8-15,30,32-34,36,41-42H,16-25H2,1-5H3/t30?,32?,33?,34?,36?,38?,39-/m0/s1. The highest BCUT2D eigenvalue weighted by Crippen LogP contribution is 2.67. The molecule has 0 bridgehead atoms. The number of aliphatic hydroxyl groups is 2. The van der Waals surface area contributed by atoms with Gasteiger partial charge in [-0.2, -0.15) is 0 Å². The van der Waals surface area contributed by atoms with Crippen molar-refractivity contribution < 1.29 is 24.4 Å². The van der Waals surface area contributed by atoms with Crippen molar-refractivity contribution >= 4 is 0 Å². The van der Waals surface area contributed by atoms with Crippen LogP contribution in [0.1, 0.15) is 114 Å². The molecule has 1 spiro atoms. The number of ether oxygens (including phenoxy) is 3. The van der Waals surface area contributed by atoms with E-state index in [1.807, 2.05) is 24.3 Å². The summed E-state index contributed by atoms with van der Waals surface area (Å²) in [4.78, 5) is 0. The molecule has 240 valence electrons. The number of fused-ring (bicyclic) bond motifs is 4. The highest BCUT2D eigenvalue weighted by molar-refractivity contribution is 5.47. The lowest BCUT2D eigenvalue weighted by Gasteiger charge is -2.56. The minimum absolute atomic E-state index is 0.0782. The molecule has 0 amide bonds. The first-order valence-electron chi connectivity index (χ1n) is 17.1. The fourth-order valence-electron chi connectivity index (χ4n) is 9.56. The maximum atomic E-state index is 11.7. The maximum Gasteiger partial charge on any atom is 0.180 e. The van der Waals surface area contributed by atoms with Gasteiger partial charge in [0.2, 0.25) is 0 Å². The molecule has 5 aliphatic rings. The van der Waals surface area contributed by atoms with Gasteiger partial charge in [0, 0.05) is 53.4 Å². The lowest BCUT2D eigenvalue weighted by molar-refractivity contribution is -0.312. The van der Waals surface area contributed by atoms with E-state index in [0.717, 1.165) is 62.9 Å². The van der Waals surface area contributed by atoms with Crippen LogP contribution in [0.25, 0.3) is 0 Å². The number of hydrogen-bond acceptors (Lipinski definition) is 5. The summed E-state index contributed by atoms with van der Waals surface area (Å²) in [6.07, 6.45) is 7.44. The Morgan fingerprint density at radius 1 is 0.844 bits per heavy atom. The van der Waals surface area contributed by atoms with Crippen LogP contribution >= 0.6 is 0 Å². The summed E-state index contributed by atoms with van der Waals surface area (Å²) >= 11 is 0. The highest BCUT2D eigenvalue weighted by Gasteiger charge is 2.61. The van der Waals surface area contributed by atoms with Crippen LogP contribution in [0.4, 0.5) is 0 Å². The number of benzene rings is 2. The average molecular weight is 611 g/mol. The fraction of sp³-hybridized carbons (Fsp3) is 0.600. The second-order valence-electron chi connectivity index (χ2n) is 15.9. The van der Waals surface area contributed by atoms with Crippen LogP contribution in [0.5, 0.6) is 0 Å². The Labute approximate surface area is 269 Å². The van der Waals surface area contributed by atoms with Gasteiger partial charge in [0.15, 0.2) is 12.1 Å². The van der Waals surface area contributed by atoms with Gasteiger partial charge in [0.25, 0.3) is 0 Å². The number of hydrogen-bond donors (Lipinski definition) is 2. The lowest BCUT2D eigenvalue weighted by Crippen LogP contribution is -2.53. The van der Waals surface area contributed by atoms with E-state index in [9.17, 15) is 10.2 Å². The van der Waals surface area contributed by atoms with Crippen molar-refractivity contribution in [3.05, 3.63) is 81.9 Å². The van der Waals surface area contributed by atoms with Crippen LogP contribution in [0.2, 0.25) is 0 Å². The molecule has 6 unspecified atom stereocenters. The topological polar surface area (TPSA) is 68.2 Å². The van der Waals surface area contributed by atoms with Gasteiger partial charge >= 0.3 is 0 Å². The first kappa shape index (κ1) is 31.2. The van der Waals surface area contributed by atoms with Gasteiger partial charge in [-0.05, 0) is 93.0 Å². The molecule has 5 heteroatoms. The second kappa shape index (κ2) is 11.4. The summed E-state index contributed by atoms with van der Waals surface area (Å²) < 4.78 is 18.0. The molecule has 2 aromatic carbocycles. The predicted molar refractivity (Wildman–Crippen MR) is 175 cm³/mol. The Balaban J connectivity index is 1.19. The highest BCUT2D eigenvalue weighted by atomic mass is 16.7. The summed E-state index contributed by atoms with van der Waals surface area (Å²) in [6, 6.07) is 16.4. The first-order chi connectivity index (χ1) is 21.4. The number of allylic oxidation sites excluding steroid dienone is 2. The molecule has 45 heavy (non-hydrogen) atoms. The molecule has 7 rings (SSSR count). The van der Waals surface area contributed by atoms with Crippen LogP contribution in [0, 0.1) is 40.4 Å². The third-order valence-electron chi connectivity index (χ3n) is 12.4. The summed E-state index contributed by atoms with van der Waals surface area (Å²) in [5, 5.41) is 21.6. The molecule has 0 radical (unpaired) electrons. The predicted octanol–water partition coefficient (Wildman–Crippen LogP) is 7.65. The normalized spacial score (nSPS) is 35.5. The van der Waals surface area contributed by atoms with Gasteiger partial charge in [-0.3, -0.25) is 0 Å². The molecule has 0 aromatic heterocycles. The fourth-order valence-corrected chi connectivity index (χ4v) is 9.56. The minimum Gasteiger partial charge on any atom is -0.390 e. The molecular formula is C40H50O5. The summed E-state index contributed by atoms with van der Waals surface area (Å²) in [7, 11) is 1.49. The molecule has 1 aliphatic heterocycles. The smallest absolute Gasteiger partial charge is 0.180 e. The van der Waals surface area contributed by atoms with Crippen LogP contribution in [0.15, 0.2) is 59.7 Å². The van der Waals surface area contributed by atoms with Gasteiger partial charge in [-0.15, -0.1) is 0 Å². The van der Waals surface area contributed by atoms with Crippen molar-refractivity contribution in [3.8, 4) is 11.8 Å². The van der Waals surface area contributed by atoms with Crippen molar-refractivity contribution in [2.45, 2.75) is 103 Å². The van der Waals surface area contributed by atoms with E-state index in [2.05, 4.69) is 63.8 Å². The molecule has 4 aliphatic carbocycles.